The second-order valence-corrected chi connectivity index (χ2v) is 9.49. The fraction of sp³-hybridized carbons (Fsp3) is 0.240. The Balaban J connectivity index is 1.94. The van der Waals surface area contributed by atoms with E-state index in [4.69, 9.17) is 14.2 Å². The minimum absolute atomic E-state index is 0.0275. The molecule has 0 spiro atoms. The third-order valence-electron chi connectivity index (χ3n) is 5.52. The van der Waals surface area contributed by atoms with Crippen LogP contribution < -0.4 is 24.4 Å². The molecule has 1 aliphatic heterocycles. The number of benzene rings is 2. The Kier molecular flexibility index (Phi) is 7.13. The first-order valence-electron chi connectivity index (χ1n) is 10.7. The highest BCUT2D eigenvalue weighted by molar-refractivity contribution is 9.10. The molecule has 4 rings (SSSR count). The molecule has 0 bridgehead atoms. The van der Waals surface area contributed by atoms with Crippen molar-refractivity contribution >= 4 is 39.3 Å². The molecule has 1 aromatic heterocycles. The van der Waals surface area contributed by atoms with Crippen LogP contribution in [0, 0.1) is 0 Å². The van der Waals surface area contributed by atoms with Gasteiger partial charge >= 0.3 is 5.97 Å². The molecule has 2 heterocycles. The number of methoxy groups -OCH3 is 2. The zero-order valence-corrected chi connectivity index (χ0v) is 21.9. The van der Waals surface area contributed by atoms with Crippen LogP contribution in [0.1, 0.15) is 31.0 Å². The molecule has 0 amide bonds. The molecule has 10 heteroatoms. The number of ether oxygens (including phenoxy) is 3. The minimum Gasteiger partial charge on any atom is -0.503 e. The SMILES string of the molecule is CCOC(=O)C1=C(C)N=c2s/c(=C\c3cc(Br)c(O)c(OC)c3)c(=O)n2[C@@H]1c1ccc(OC)cc1. The fourth-order valence-corrected chi connectivity index (χ4v) is 5.38. The predicted octanol–water partition coefficient (Wildman–Crippen LogP) is 3.28. The van der Waals surface area contributed by atoms with Gasteiger partial charge in [-0.15, -0.1) is 0 Å². The summed E-state index contributed by atoms with van der Waals surface area (Å²) in [4.78, 5) is 31.6. The monoisotopic (exact) mass is 558 g/mol. The number of nitrogens with zero attached hydrogens (tertiary/aromatic N) is 2. The summed E-state index contributed by atoms with van der Waals surface area (Å²) in [6, 6.07) is 9.81. The van der Waals surface area contributed by atoms with Gasteiger partial charge in [0, 0.05) is 0 Å². The van der Waals surface area contributed by atoms with Gasteiger partial charge in [-0.2, -0.15) is 0 Å². The number of rotatable bonds is 6. The van der Waals surface area contributed by atoms with E-state index in [1.807, 2.05) is 12.1 Å². The molecule has 35 heavy (non-hydrogen) atoms. The molecule has 8 nitrogen and oxygen atoms in total. The molecular weight excluding hydrogens is 536 g/mol. The smallest absolute Gasteiger partial charge is 0.338 e. The normalized spacial score (nSPS) is 15.5. The van der Waals surface area contributed by atoms with Crippen LogP contribution in [0.4, 0.5) is 0 Å². The quantitative estimate of drug-likeness (QED) is 0.466. The van der Waals surface area contributed by atoms with Crippen molar-refractivity contribution in [2.75, 3.05) is 20.8 Å². The van der Waals surface area contributed by atoms with E-state index >= 15 is 0 Å². The molecule has 0 saturated heterocycles. The van der Waals surface area contributed by atoms with Crippen LogP contribution in [0.15, 0.2) is 61.9 Å². The summed E-state index contributed by atoms with van der Waals surface area (Å²) in [5.74, 6) is 0.387. The van der Waals surface area contributed by atoms with E-state index < -0.39 is 12.0 Å². The summed E-state index contributed by atoms with van der Waals surface area (Å²) in [5.41, 5.74) is 1.88. The van der Waals surface area contributed by atoms with Crippen molar-refractivity contribution in [1.82, 2.24) is 4.57 Å². The molecule has 0 fully saturated rings. The van der Waals surface area contributed by atoms with Crippen LogP contribution in [-0.4, -0.2) is 36.5 Å². The van der Waals surface area contributed by atoms with Gasteiger partial charge < -0.3 is 19.3 Å². The van der Waals surface area contributed by atoms with E-state index in [0.717, 1.165) is 5.56 Å². The Bertz CT molecular complexity index is 1500. The van der Waals surface area contributed by atoms with Gasteiger partial charge in [0.25, 0.3) is 5.56 Å². The van der Waals surface area contributed by atoms with E-state index in [1.54, 1.807) is 51.3 Å². The molecule has 1 aliphatic rings. The molecule has 0 aliphatic carbocycles. The van der Waals surface area contributed by atoms with Gasteiger partial charge in [-0.3, -0.25) is 9.36 Å². The molecule has 182 valence electrons. The van der Waals surface area contributed by atoms with Crippen molar-refractivity contribution in [1.29, 1.82) is 0 Å². The van der Waals surface area contributed by atoms with Gasteiger partial charge in [0.15, 0.2) is 16.3 Å². The number of aromatic hydroxyl groups is 1. The highest BCUT2D eigenvalue weighted by Crippen LogP contribution is 2.35. The maximum atomic E-state index is 13.7. The van der Waals surface area contributed by atoms with Gasteiger partial charge in [0.1, 0.15) is 5.75 Å². The molecule has 1 N–H and O–H groups in total. The first-order chi connectivity index (χ1) is 16.8. The number of phenols is 1. The van der Waals surface area contributed by atoms with Crippen molar-refractivity contribution < 1.29 is 24.1 Å². The first-order valence-corrected chi connectivity index (χ1v) is 12.3. The molecule has 0 radical (unpaired) electrons. The number of esters is 1. The number of hydrogen-bond donors (Lipinski definition) is 1. The lowest BCUT2D eigenvalue weighted by Crippen LogP contribution is -2.39. The Morgan fingerprint density at radius 3 is 2.57 bits per heavy atom. The van der Waals surface area contributed by atoms with E-state index in [0.29, 0.717) is 36.4 Å². The van der Waals surface area contributed by atoms with E-state index in [2.05, 4.69) is 20.9 Å². The van der Waals surface area contributed by atoms with Crippen molar-refractivity contribution in [2.45, 2.75) is 19.9 Å². The van der Waals surface area contributed by atoms with E-state index in [-0.39, 0.29) is 23.7 Å². The van der Waals surface area contributed by atoms with Gasteiger partial charge in [0.05, 0.1) is 47.1 Å². The van der Waals surface area contributed by atoms with Gasteiger partial charge in [-0.05, 0) is 71.2 Å². The Hall–Kier alpha value is -3.37. The zero-order chi connectivity index (χ0) is 25.3. The maximum absolute atomic E-state index is 13.7. The third-order valence-corrected chi connectivity index (χ3v) is 7.10. The maximum Gasteiger partial charge on any atom is 0.338 e. The van der Waals surface area contributed by atoms with Gasteiger partial charge in [-0.25, -0.2) is 9.79 Å². The average Bonchev–Trinajstić information content (AvgIpc) is 3.14. The first kappa shape index (κ1) is 24.7. The van der Waals surface area contributed by atoms with Crippen molar-refractivity contribution in [3.63, 3.8) is 0 Å². The Morgan fingerprint density at radius 2 is 1.94 bits per heavy atom. The van der Waals surface area contributed by atoms with E-state index in [9.17, 15) is 14.7 Å². The number of aromatic nitrogens is 1. The number of allylic oxidation sites excluding steroid dienone is 1. The van der Waals surface area contributed by atoms with Crippen LogP contribution in [-0.2, 0) is 9.53 Å². The van der Waals surface area contributed by atoms with Crippen LogP contribution in [0.25, 0.3) is 6.08 Å². The predicted molar refractivity (Wildman–Crippen MR) is 136 cm³/mol. The summed E-state index contributed by atoms with van der Waals surface area (Å²) in [6.07, 6.45) is 1.70. The highest BCUT2D eigenvalue weighted by atomic mass is 79.9. The number of carbonyl (C=O) groups is 1. The number of fused-ring (bicyclic) bond motifs is 1. The molecule has 0 saturated carbocycles. The Labute approximate surface area is 213 Å². The lowest BCUT2D eigenvalue weighted by atomic mass is 9.96. The van der Waals surface area contributed by atoms with E-state index in [1.165, 1.54) is 23.0 Å². The summed E-state index contributed by atoms with van der Waals surface area (Å²) in [7, 11) is 3.02. The number of hydrogen-bond acceptors (Lipinski definition) is 8. The molecule has 0 unspecified atom stereocenters. The lowest BCUT2D eigenvalue weighted by molar-refractivity contribution is -0.139. The molecular formula is C25H23BrN2O6S. The van der Waals surface area contributed by atoms with Crippen LogP contribution in [0.3, 0.4) is 0 Å². The lowest BCUT2D eigenvalue weighted by Gasteiger charge is -2.24. The Morgan fingerprint density at radius 1 is 1.23 bits per heavy atom. The highest BCUT2D eigenvalue weighted by Gasteiger charge is 2.33. The minimum atomic E-state index is -0.709. The van der Waals surface area contributed by atoms with Gasteiger partial charge in [0.2, 0.25) is 0 Å². The van der Waals surface area contributed by atoms with Crippen LogP contribution >= 0.6 is 27.3 Å². The molecule has 3 aromatic rings. The third kappa shape index (κ3) is 4.63. The largest absolute Gasteiger partial charge is 0.503 e. The second-order valence-electron chi connectivity index (χ2n) is 7.63. The number of carbonyl (C=O) groups excluding carboxylic acids is 1. The molecule has 2 aromatic carbocycles. The standard InChI is InChI=1S/C25H23BrN2O6S/c1-5-34-24(31)20-13(2)27-25-28(21(20)15-6-8-16(32-3)9-7-15)23(30)19(35-25)12-14-10-17(26)22(29)18(11-14)33-4/h6-12,21,29H,5H2,1-4H3/b19-12-/t21-/m1/s1. The number of phenolic OH excluding ortho intramolecular Hbond substituents is 1. The van der Waals surface area contributed by atoms with Crippen molar-refractivity contribution in [3.05, 3.63) is 83.0 Å². The average molecular weight is 559 g/mol. The summed E-state index contributed by atoms with van der Waals surface area (Å²) in [5, 5.41) is 10.1. The second kappa shape index (κ2) is 10.1. The van der Waals surface area contributed by atoms with Crippen LogP contribution in [0.2, 0.25) is 0 Å². The number of halogens is 1. The van der Waals surface area contributed by atoms with Crippen molar-refractivity contribution in [3.8, 4) is 17.2 Å². The molecule has 1 atom stereocenters. The topological polar surface area (TPSA) is 99.4 Å². The van der Waals surface area contributed by atoms with Gasteiger partial charge in [-0.1, -0.05) is 23.5 Å². The van der Waals surface area contributed by atoms with Crippen LogP contribution in [0.5, 0.6) is 17.2 Å². The van der Waals surface area contributed by atoms with Crippen molar-refractivity contribution in [2.24, 2.45) is 4.99 Å². The fourth-order valence-electron chi connectivity index (χ4n) is 3.88. The number of thiazole rings is 1. The summed E-state index contributed by atoms with van der Waals surface area (Å²) < 4.78 is 18.2. The summed E-state index contributed by atoms with van der Waals surface area (Å²) >= 11 is 4.52. The summed E-state index contributed by atoms with van der Waals surface area (Å²) in [6.45, 7) is 3.67. The zero-order valence-electron chi connectivity index (χ0n) is 19.5.